The van der Waals surface area contributed by atoms with Gasteiger partial charge in [-0.25, -0.2) is 0 Å². The Morgan fingerprint density at radius 2 is 2.47 bits per heavy atom. The highest BCUT2D eigenvalue weighted by Crippen LogP contribution is 2.17. The highest BCUT2D eigenvalue weighted by Gasteiger charge is 2.16. The molecule has 1 aromatic heterocycles. The van der Waals surface area contributed by atoms with Crippen LogP contribution in [0.15, 0.2) is 6.20 Å². The van der Waals surface area contributed by atoms with E-state index in [9.17, 15) is 0 Å². The molecule has 2 rings (SSSR count). The first-order valence-electron chi connectivity index (χ1n) is 5.87. The molecule has 4 heteroatoms. The lowest BCUT2D eigenvalue weighted by molar-refractivity contribution is 0.648. The third kappa shape index (κ3) is 2.31. The Morgan fingerprint density at radius 1 is 1.60 bits per heavy atom. The number of aryl methyl sites for hydroxylation is 2. The monoisotopic (exact) mass is 208 g/mol. The van der Waals surface area contributed by atoms with Gasteiger partial charge < -0.3 is 10.6 Å². The largest absolute Gasteiger partial charge is 0.378 e. The van der Waals surface area contributed by atoms with E-state index in [0.717, 1.165) is 26.1 Å². The van der Waals surface area contributed by atoms with Crippen LogP contribution in [0.4, 0.5) is 5.69 Å². The first-order valence-corrected chi connectivity index (χ1v) is 5.87. The summed E-state index contributed by atoms with van der Waals surface area (Å²) in [6, 6.07) is 0.574. The first kappa shape index (κ1) is 10.5. The fraction of sp³-hybridized carbons (Fsp3) is 0.727. The average Bonchev–Trinajstić information content (AvgIpc) is 2.87. The van der Waals surface area contributed by atoms with Crippen molar-refractivity contribution in [3.8, 4) is 0 Å². The van der Waals surface area contributed by atoms with E-state index in [2.05, 4.69) is 35.8 Å². The van der Waals surface area contributed by atoms with Crippen LogP contribution in [0.2, 0.25) is 0 Å². The van der Waals surface area contributed by atoms with Crippen LogP contribution in [0.1, 0.15) is 26.0 Å². The van der Waals surface area contributed by atoms with Crippen molar-refractivity contribution in [3.63, 3.8) is 0 Å². The molecule has 1 fully saturated rings. The van der Waals surface area contributed by atoms with Gasteiger partial charge >= 0.3 is 0 Å². The maximum absolute atomic E-state index is 4.52. The number of hydrogen-bond acceptors (Lipinski definition) is 3. The van der Waals surface area contributed by atoms with Crippen LogP contribution in [-0.4, -0.2) is 28.9 Å². The highest BCUT2D eigenvalue weighted by molar-refractivity contribution is 5.47. The third-order valence-corrected chi connectivity index (χ3v) is 2.92. The quantitative estimate of drug-likeness (QED) is 0.782. The van der Waals surface area contributed by atoms with Gasteiger partial charge in [0.15, 0.2) is 0 Å². The Bertz CT molecular complexity index is 312. The molecule has 1 saturated heterocycles. The Hall–Kier alpha value is -1.03. The number of nitrogens with zero attached hydrogens (tertiary/aromatic N) is 2. The van der Waals surface area contributed by atoms with Gasteiger partial charge in [-0.2, -0.15) is 5.10 Å². The SMILES string of the molecule is CCc1nn(CC)cc1N[C@@H]1CCNC1. The second-order valence-corrected chi connectivity index (χ2v) is 4.03. The number of rotatable bonds is 4. The predicted octanol–water partition coefficient (Wildman–Crippen LogP) is 1.24. The van der Waals surface area contributed by atoms with E-state index in [4.69, 9.17) is 0 Å². The lowest BCUT2D eigenvalue weighted by Gasteiger charge is -2.11. The summed E-state index contributed by atoms with van der Waals surface area (Å²) in [6.45, 7) is 7.41. The van der Waals surface area contributed by atoms with Crippen molar-refractivity contribution in [3.05, 3.63) is 11.9 Å². The highest BCUT2D eigenvalue weighted by atomic mass is 15.3. The molecule has 1 aliphatic heterocycles. The zero-order valence-electron chi connectivity index (χ0n) is 9.58. The zero-order chi connectivity index (χ0) is 10.7. The summed E-state index contributed by atoms with van der Waals surface area (Å²) in [5.74, 6) is 0. The molecule has 0 aliphatic carbocycles. The van der Waals surface area contributed by atoms with E-state index >= 15 is 0 Å². The zero-order valence-corrected chi connectivity index (χ0v) is 9.58. The Labute approximate surface area is 91.1 Å². The van der Waals surface area contributed by atoms with Crippen LogP contribution in [0.25, 0.3) is 0 Å². The van der Waals surface area contributed by atoms with E-state index in [1.54, 1.807) is 0 Å². The summed E-state index contributed by atoms with van der Waals surface area (Å²) < 4.78 is 2.00. The molecule has 0 unspecified atom stereocenters. The van der Waals surface area contributed by atoms with E-state index in [1.807, 2.05) is 4.68 Å². The van der Waals surface area contributed by atoms with Gasteiger partial charge in [0.25, 0.3) is 0 Å². The van der Waals surface area contributed by atoms with Gasteiger partial charge in [-0.15, -0.1) is 0 Å². The van der Waals surface area contributed by atoms with Gasteiger partial charge in [0.2, 0.25) is 0 Å². The van der Waals surface area contributed by atoms with E-state index in [1.165, 1.54) is 17.8 Å². The molecule has 0 amide bonds. The molecular weight excluding hydrogens is 188 g/mol. The molecule has 0 saturated carbocycles. The van der Waals surface area contributed by atoms with Crippen molar-refractivity contribution in [2.24, 2.45) is 0 Å². The van der Waals surface area contributed by atoms with Gasteiger partial charge in [0, 0.05) is 25.3 Å². The van der Waals surface area contributed by atoms with Crippen LogP contribution in [0, 0.1) is 0 Å². The summed E-state index contributed by atoms with van der Waals surface area (Å²) in [5.41, 5.74) is 2.40. The summed E-state index contributed by atoms with van der Waals surface area (Å²) in [6.07, 6.45) is 4.33. The van der Waals surface area contributed by atoms with E-state index < -0.39 is 0 Å². The minimum atomic E-state index is 0.574. The molecule has 1 atom stereocenters. The van der Waals surface area contributed by atoms with Gasteiger partial charge in [-0.1, -0.05) is 6.92 Å². The van der Waals surface area contributed by atoms with Crippen LogP contribution < -0.4 is 10.6 Å². The lowest BCUT2D eigenvalue weighted by atomic mass is 10.2. The lowest BCUT2D eigenvalue weighted by Crippen LogP contribution is -2.22. The number of anilines is 1. The molecule has 0 aromatic carbocycles. The molecule has 4 nitrogen and oxygen atoms in total. The summed E-state index contributed by atoms with van der Waals surface area (Å²) in [4.78, 5) is 0. The minimum Gasteiger partial charge on any atom is -0.378 e. The van der Waals surface area contributed by atoms with Crippen LogP contribution in [0.5, 0.6) is 0 Å². The first-order chi connectivity index (χ1) is 7.33. The number of hydrogen-bond donors (Lipinski definition) is 2. The molecule has 1 aliphatic rings. The Kier molecular flexibility index (Phi) is 3.26. The van der Waals surface area contributed by atoms with Gasteiger partial charge in [-0.3, -0.25) is 4.68 Å². The predicted molar refractivity (Wildman–Crippen MR) is 62.2 cm³/mol. The molecule has 0 spiro atoms. The van der Waals surface area contributed by atoms with Gasteiger partial charge in [0.1, 0.15) is 0 Å². The average molecular weight is 208 g/mol. The molecule has 15 heavy (non-hydrogen) atoms. The van der Waals surface area contributed by atoms with Crippen molar-refractivity contribution >= 4 is 5.69 Å². The topological polar surface area (TPSA) is 41.9 Å². The second kappa shape index (κ2) is 4.66. The van der Waals surface area contributed by atoms with Crippen molar-refractivity contribution < 1.29 is 0 Å². The third-order valence-electron chi connectivity index (χ3n) is 2.92. The minimum absolute atomic E-state index is 0.574. The van der Waals surface area contributed by atoms with Gasteiger partial charge in [0.05, 0.1) is 11.4 Å². The molecule has 0 radical (unpaired) electrons. The molecule has 0 bridgehead atoms. The van der Waals surface area contributed by atoms with Gasteiger partial charge in [-0.05, 0) is 26.3 Å². The second-order valence-electron chi connectivity index (χ2n) is 4.03. The van der Waals surface area contributed by atoms with Crippen LogP contribution in [-0.2, 0) is 13.0 Å². The fourth-order valence-electron chi connectivity index (χ4n) is 2.00. The maximum atomic E-state index is 4.52. The van der Waals surface area contributed by atoms with Crippen molar-refractivity contribution in [2.45, 2.75) is 39.3 Å². The standard InChI is InChI=1S/C11H20N4/c1-3-10-11(8-15(4-2)14-10)13-9-5-6-12-7-9/h8-9,12-13H,3-7H2,1-2H3/t9-/m1/s1. The molecule has 2 N–H and O–H groups in total. The van der Waals surface area contributed by atoms with E-state index in [0.29, 0.717) is 6.04 Å². The summed E-state index contributed by atoms with van der Waals surface area (Å²) >= 11 is 0. The molecule has 1 aromatic rings. The Morgan fingerprint density at radius 3 is 3.07 bits per heavy atom. The Balaban J connectivity index is 2.07. The molecular formula is C11H20N4. The van der Waals surface area contributed by atoms with Crippen LogP contribution in [0.3, 0.4) is 0 Å². The van der Waals surface area contributed by atoms with Crippen LogP contribution >= 0.6 is 0 Å². The van der Waals surface area contributed by atoms with Crippen molar-refractivity contribution in [2.75, 3.05) is 18.4 Å². The smallest absolute Gasteiger partial charge is 0.0853 e. The maximum Gasteiger partial charge on any atom is 0.0853 e. The van der Waals surface area contributed by atoms with E-state index in [-0.39, 0.29) is 0 Å². The van der Waals surface area contributed by atoms with Crippen molar-refractivity contribution in [1.29, 1.82) is 0 Å². The fourth-order valence-corrected chi connectivity index (χ4v) is 2.00. The molecule has 2 heterocycles. The summed E-state index contributed by atoms with van der Waals surface area (Å²) in [5, 5.41) is 11.5. The molecule has 84 valence electrons. The number of aromatic nitrogens is 2. The van der Waals surface area contributed by atoms with Crippen molar-refractivity contribution in [1.82, 2.24) is 15.1 Å². The number of nitrogens with one attached hydrogen (secondary N) is 2. The normalized spacial score (nSPS) is 20.8. The summed E-state index contributed by atoms with van der Waals surface area (Å²) in [7, 11) is 0.